The topological polar surface area (TPSA) is 99.1 Å². The molecule has 1 N–H and O–H groups in total. The van der Waals surface area contributed by atoms with Gasteiger partial charge in [-0.3, -0.25) is 9.48 Å². The minimum absolute atomic E-state index is 0.0319. The SMILES string of the molecule is Cc1nn(C)c(C)c1NC(=O)Cn1nc2c3c(C)c(C)sc3nc(C(C)C)n2c1=O. The minimum atomic E-state index is -0.360. The molecular weight excluding hydrogens is 402 g/mol. The number of hydrogen-bond donors (Lipinski definition) is 1. The number of aryl methyl sites for hydroxylation is 4. The zero-order chi connectivity index (χ0) is 21.9. The van der Waals surface area contributed by atoms with Crippen molar-refractivity contribution in [2.45, 2.75) is 54.0 Å². The molecule has 0 radical (unpaired) electrons. The van der Waals surface area contributed by atoms with E-state index in [1.165, 1.54) is 4.68 Å². The fourth-order valence-electron chi connectivity index (χ4n) is 3.64. The second-order valence-corrected chi connectivity index (χ2v) is 9.11. The third kappa shape index (κ3) is 3.02. The summed E-state index contributed by atoms with van der Waals surface area (Å²) in [6.07, 6.45) is 0. The lowest BCUT2D eigenvalue weighted by molar-refractivity contribution is -0.117. The van der Waals surface area contributed by atoms with Crippen molar-refractivity contribution >= 4 is 38.8 Å². The zero-order valence-electron chi connectivity index (χ0n) is 18.2. The lowest BCUT2D eigenvalue weighted by Gasteiger charge is -2.07. The Morgan fingerprint density at radius 1 is 1.17 bits per heavy atom. The highest BCUT2D eigenvalue weighted by atomic mass is 32.1. The molecule has 0 aliphatic rings. The highest BCUT2D eigenvalue weighted by Gasteiger charge is 2.22. The fraction of sp³-hybridized carbons (Fsp3) is 0.450. The molecule has 10 heteroatoms. The summed E-state index contributed by atoms with van der Waals surface area (Å²) in [5, 5.41) is 12.6. The summed E-state index contributed by atoms with van der Waals surface area (Å²) in [5.74, 6) is 0.354. The molecule has 0 bridgehead atoms. The Kier molecular flexibility index (Phi) is 4.76. The summed E-state index contributed by atoms with van der Waals surface area (Å²) in [6.45, 7) is 11.6. The molecule has 4 aromatic rings. The molecule has 4 aromatic heterocycles. The van der Waals surface area contributed by atoms with E-state index < -0.39 is 0 Å². The normalized spacial score (nSPS) is 11.9. The third-order valence-corrected chi connectivity index (χ3v) is 6.56. The van der Waals surface area contributed by atoms with Crippen LogP contribution in [0.3, 0.4) is 0 Å². The maximum absolute atomic E-state index is 13.2. The van der Waals surface area contributed by atoms with Gasteiger partial charge >= 0.3 is 5.69 Å². The number of amides is 1. The Morgan fingerprint density at radius 3 is 2.47 bits per heavy atom. The minimum Gasteiger partial charge on any atom is -0.321 e. The van der Waals surface area contributed by atoms with Crippen LogP contribution in [0.15, 0.2) is 4.79 Å². The van der Waals surface area contributed by atoms with Gasteiger partial charge in [-0.25, -0.2) is 18.9 Å². The van der Waals surface area contributed by atoms with Crippen LogP contribution in [0.2, 0.25) is 0 Å². The number of aromatic nitrogens is 6. The van der Waals surface area contributed by atoms with Crippen LogP contribution >= 0.6 is 11.3 Å². The molecule has 4 rings (SSSR count). The van der Waals surface area contributed by atoms with Crippen molar-refractivity contribution in [1.82, 2.24) is 28.9 Å². The van der Waals surface area contributed by atoms with E-state index in [1.54, 1.807) is 20.4 Å². The number of fused-ring (bicyclic) bond motifs is 3. The standard InChI is InChI=1S/C20H25N7O2S/c1-9(2)17-22-19-15(10(3)13(6)30-19)18-24-26(20(29)27(17)18)8-14(28)21-16-11(4)23-25(7)12(16)5/h9H,8H2,1-7H3,(H,21,28). The predicted octanol–water partition coefficient (Wildman–Crippen LogP) is 2.83. The van der Waals surface area contributed by atoms with Crippen molar-refractivity contribution in [3.8, 4) is 0 Å². The highest BCUT2D eigenvalue weighted by Crippen LogP contribution is 2.32. The molecule has 0 atom stereocenters. The number of nitrogens with zero attached hydrogens (tertiary/aromatic N) is 6. The van der Waals surface area contributed by atoms with Gasteiger partial charge in [0.05, 0.1) is 22.5 Å². The molecule has 4 heterocycles. The summed E-state index contributed by atoms with van der Waals surface area (Å²) in [7, 11) is 1.82. The van der Waals surface area contributed by atoms with Gasteiger partial charge in [0.1, 0.15) is 17.2 Å². The number of nitrogens with one attached hydrogen (secondary N) is 1. The lowest BCUT2D eigenvalue weighted by Crippen LogP contribution is -2.29. The van der Waals surface area contributed by atoms with Crippen LogP contribution in [-0.4, -0.2) is 34.9 Å². The van der Waals surface area contributed by atoms with Crippen LogP contribution < -0.4 is 11.0 Å². The molecule has 0 saturated carbocycles. The van der Waals surface area contributed by atoms with Crippen LogP contribution in [0.4, 0.5) is 5.69 Å². The van der Waals surface area contributed by atoms with E-state index in [0.29, 0.717) is 17.2 Å². The molecule has 0 unspecified atom stereocenters. The van der Waals surface area contributed by atoms with E-state index in [-0.39, 0.29) is 24.1 Å². The average molecular weight is 428 g/mol. The second-order valence-electron chi connectivity index (χ2n) is 7.90. The van der Waals surface area contributed by atoms with Crippen LogP contribution in [0.25, 0.3) is 15.9 Å². The molecule has 0 spiro atoms. The second kappa shape index (κ2) is 7.05. The Labute approximate surface area is 177 Å². The van der Waals surface area contributed by atoms with Crippen LogP contribution in [0, 0.1) is 27.7 Å². The first-order valence-corrected chi connectivity index (χ1v) is 10.6. The van der Waals surface area contributed by atoms with Crippen molar-refractivity contribution in [2.75, 3.05) is 5.32 Å². The number of carbonyl (C=O) groups excluding carboxylic acids is 1. The Hall–Kier alpha value is -3.01. The largest absolute Gasteiger partial charge is 0.352 e. The Morgan fingerprint density at radius 2 is 1.87 bits per heavy atom. The molecule has 0 aliphatic carbocycles. The molecule has 158 valence electrons. The van der Waals surface area contributed by atoms with E-state index in [1.807, 2.05) is 48.6 Å². The smallest absolute Gasteiger partial charge is 0.321 e. The third-order valence-electron chi connectivity index (χ3n) is 5.46. The Balaban J connectivity index is 1.81. The monoisotopic (exact) mass is 427 g/mol. The van der Waals surface area contributed by atoms with Crippen LogP contribution in [0.5, 0.6) is 0 Å². The quantitative estimate of drug-likeness (QED) is 0.540. The van der Waals surface area contributed by atoms with Crippen molar-refractivity contribution in [3.63, 3.8) is 0 Å². The van der Waals surface area contributed by atoms with E-state index in [2.05, 4.69) is 15.5 Å². The van der Waals surface area contributed by atoms with Gasteiger partial charge in [-0.2, -0.15) is 5.10 Å². The fourth-order valence-corrected chi connectivity index (χ4v) is 4.67. The first-order chi connectivity index (χ1) is 14.1. The lowest BCUT2D eigenvalue weighted by atomic mass is 10.2. The number of anilines is 1. The molecule has 0 saturated heterocycles. The number of thiophene rings is 1. The van der Waals surface area contributed by atoms with Gasteiger partial charge in [0.2, 0.25) is 5.91 Å². The van der Waals surface area contributed by atoms with Gasteiger partial charge in [0.15, 0.2) is 5.65 Å². The molecule has 1 amide bonds. The number of rotatable bonds is 4. The van der Waals surface area contributed by atoms with Gasteiger partial charge in [-0.1, -0.05) is 13.8 Å². The number of carbonyl (C=O) groups is 1. The van der Waals surface area contributed by atoms with Crippen LogP contribution in [0.1, 0.15) is 47.4 Å². The van der Waals surface area contributed by atoms with Crippen molar-refractivity contribution in [1.29, 1.82) is 0 Å². The van der Waals surface area contributed by atoms with Gasteiger partial charge < -0.3 is 5.32 Å². The molecular formula is C20H25N7O2S. The molecule has 0 fully saturated rings. The first-order valence-electron chi connectivity index (χ1n) is 9.79. The summed E-state index contributed by atoms with van der Waals surface area (Å²) in [5.41, 5.74) is 3.49. The maximum Gasteiger partial charge on any atom is 0.352 e. The molecule has 0 aliphatic heterocycles. The van der Waals surface area contributed by atoms with Crippen molar-refractivity contribution in [3.05, 3.63) is 38.1 Å². The summed E-state index contributed by atoms with van der Waals surface area (Å²) in [6, 6.07) is 0. The summed E-state index contributed by atoms with van der Waals surface area (Å²) >= 11 is 1.60. The molecule has 9 nitrogen and oxygen atoms in total. The van der Waals surface area contributed by atoms with E-state index in [9.17, 15) is 9.59 Å². The van der Waals surface area contributed by atoms with E-state index in [0.717, 1.165) is 32.0 Å². The van der Waals surface area contributed by atoms with Crippen LogP contribution in [-0.2, 0) is 18.4 Å². The summed E-state index contributed by atoms with van der Waals surface area (Å²) in [4.78, 5) is 32.6. The highest BCUT2D eigenvalue weighted by molar-refractivity contribution is 7.18. The van der Waals surface area contributed by atoms with E-state index >= 15 is 0 Å². The Bertz CT molecular complexity index is 1370. The van der Waals surface area contributed by atoms with Gasteiger partial charge in [0.25, 0.3) is 0 Å². The summed E-state index contributed by atoms with van der Waals surface area (Å²) < 4.78 is 4.46. The maximum atomic E-state index is 13.2. The van der Waals surface area contributed by atoms with Gasteiger partial charge in [-0.15, -0.1) is 16.4 Å². The first kappa shape index (κ1) is 20.3. The molecule has 30 heavy (non-hydrogen) atoms. The molecule has 0 aromatic carbocycles. The predicted molar refractivity (Wildman–Crippen MR) is 118 cm³/mol. The number of hydrogen-bond acceptors (Lipinski definition) is 6. The van der Waals surface area contributed by atoms with Crippen molar-refractivity contribution < 1.29 is 4.79 Å². The van der Waals surface area contributed by atoms with E-state index in [4.69, 9.17) is 4.98 Å². The van der Waals surface area contributed by atoms with Crippen molar-refractivity contribution in [2.24, 2.45) is 7.05 Å². The average Bonchev–Trinajstić information content (AvgIpc) is 3.22. The van der Waals surface area contributed by atoms with Gasteiger partial charge in [-0.05, 0) is 33.3 Å². The zero-order valence-corrected chi connectivity index (χ0v) is 19.0. The van der Waals surface area contributed by atoms with Gasteiger partial charge in [0, 0.05) is 17.8 Å².